The van der Waals surface area contributed by atoms with E-state index in [1.165, 1.54) is 0 Å². The van der Waals surface area contributed by atoms with E-state index in [0.29, 0.717) is 37.2 Å². The van der Waals surface area contributed by atoms with Gasteiger partial charge in [0.25, 0.3) is 5.91 Å². The van der Waals surface area contributed by atoms with Crippen LogP contribution in [0.3, 0.4) is 0 Å². The summed E-state index contributed by atoms with van der Waals surface area (Å²) in [7, 11) is 0. The molecule has 0 aromatic heterocycles. The van der Waals surface area contributed by atoms with Crippen LogP contribution in [0.4, 0.5) is 5.69 Å². The van der Waals surface area contributed by atoms with Crippen molar-refractivity contribution in [3.63, 3.8) is 0 Å². The summed E-state index contributed by atoms with van der Waals surface area (Å²) in [6, 6.07) is 28.9. The van der Waals surface area contributed by atoms with E-state index in [2.05, 4.69) is 11.4 Å². The van der Waals surface area contributed by atoms with Gasteiger partial charge in [0.2, 0.25) is 5.91 Å². The molecule has 2 amide bonds. The van der Waals surface area contributed by atoms with Crippen molar-refractivity contribution in [2.75, 3.05) is 18.4 Å². The molecule has 31 heavy (non-hydrogen) atoms. The molecular formula is C27H23N2O2. The molecule has 1 saturated heterocycles. The lowest BCUT2D eigenvalue weighted by Crippen LogP contribution is -2.41. The summed E-state index contributed by atoms with van der Waals surface area (Å²) in [6.45, 7) is 1.18. The summed E-state index contributed by atoms with van der Waals surface area (Å²) < 4.78 is 0. The monoisotopic (exact) mass is 407 g/mol. The Labute approximate surface area is 181 Å². The van der Waals surface area contributed by atoms with Gasteiger partial charge in [-0.2, -0.15) is 0 Å². The van der Waals surface area contributed by atoms with Crippen molar-refractivity contribution in [2.24, 2.45) is 5.92 Å². The van der Waals surface area contributed by atoms with Crippen LogP contribution in [0.5, 0.6) is 0 Å². The fourth-order valence-corrected chi connectivity index (χ4v) is 4.28. The number of hydrogen-bond donors (Lipinski definition) is 1. The first-order chi connectivity index (χ1) is 15.2. The lowest BCUT2D eigenvalue weighted by atomic mass is 9.95. The van der Waals surface area contributed by atoms with Crippen LogP contribution >= 0.6 is 0 Å². The number of amides is 2. The van der Waals surface area contributed by atoms with Gasteiger partial charge in [-0.25, -0.2) is 0 Å². The zero-order valence-electron chi connectivity index (χ0n) is 17.2. The zero-order valence-corrected chi connectivity index (χ0v) is 17.2. The van der Waals surface area contributed by atoms with E-state index in [-0.39, 0.29) is 17.7 Å². The summed E-state index contributed by atoms with van der Waals surface area (Å²) in [4.78, 5) is 27.6. The number of nitrogens with one attached hydrogen (secondary N) is 1. The largest absolute Gasteiger partial charge is 0.339 e. The van der Waals surface area contributed by atoms with Crippen molar-refractivity contribution in [1.82, 2.24) is 4.90 Å². The van der Waals surface area contributed by atoms with Crippen LogP contribution < -0.4 is 5.32 Å². The van der Waals surface area contributed by atoms with Gasteiger partial charge in [0, 0.05) is 36.3 Å². The Morgan fingerprint density at radius 1 is 0.806 bits per heavy atom. The summed E-state index contributed by atoms with van der Waals surface area (Å²) in [6.07, 6.45) is 1.33. The molecule has 4 heteroatoms. The molecule has 153 valence electrons. The Bertz CT molecular complexity index is 1270. The first-order valence-corrected chi connectivity index (χ1v) is 10.7. The van der Waals surface area contributed by atoms with Crippen molar-refractivity contribution in [3.8, 4) is 0 Å². The molecule has 1 aliphatic rings. The number of hydrogen-bond acceptors (Lipinski definition) is 2. The quantitative estimate of drug-likeness (QED) is 0.502. The van der Waals surface area contributed by atoms with Gasteiger partial charge in [0.15, 0.2) is 0 Å². The molecule has 1 radical (unpaired) electrons. The van der Waals surface area contributed by atoms with Gasteiger partial charge in [-0.3, -0.25) is 9.59 Å². The van der Waals surface area contributed by atoms with Gasteiger partial charge < -0.3 is 10.2 Å². The van der Waals surface area contributed by atoms with Crippen LogP contribution in [-0.2, 0) is 4.79 Å². The minimum absolute atomic E-state index is 0.00401. The highest BCUT2D eigenvalue weighted by molar-refractivity contribution is 5.99. The van der Waals surface area contributed by atoms with Gasteiger partial charge in [-0.15, -0.1) is 0 Å². The summed E-state index contributed by atoms with van der Waals surface area (Å²) in [5, 5.41) is 7.37. The molecule has 1 aliphatic heterocycles. The number of nitrogens with zero attached hydrogens (tertiary/aromatic N) is 1. The van der Waals surface area contributed by atoms with Gasteiger partial charge in [0.05, 0.1) is 0 Å². The molecule has 1 heterocycles. The fraction of sp³-hybridized carbons (Fsp3) is 0.185. The molecule has 0 atom stereocenters. The minimum atomic E-state index is -0.0967. The average Bonchev–Trinajstić information content (AvgIpc) is 2.83. The number of anilines is 1. The Balaban J connectivity index is 1.21. The third-order valence-corrected chi connectivity index (χ3v) is 6.09. The lowest BCUT2D eigenvalue weighted by molar-refractivity contribution is -0.121. The first kappa shape index (κ1) is 19.3. The van der Waals surface area contributed by atoms with E-state index in [1.807, 2.05) is 83.8 Å². The topological polar surface area (TPSA) is 49.4 Å². The SMILES string of the molecule is O=C(Nc1[c]cc2ccccc2c1)C1CCN(C(=O)c2ccc3ccccc3c2)CC1. The second-order valence-corrected chi connectivity index (χ2v) is 8.09. The normalized spacial score (nSPS) is 14.6. The van der Waals surface area contributed by atoms with Crippen molar-refractivity contribution < 1.29 is 9.59 Å². The molecular weight excluding hydrogens is 384 g/mol. The third-order valence-electron chi connectivity index (χ3n) is 6.09. The number of likely N-dealkylation sites (tertiary alicyclic amines) is 1. The molecule has 4 aromatic carbocycles. The maximum Gasteiger partial charge on any atom is 0.253 e. The standard InChI is InChI=1S/C27H23N2O2/c30-26(28-25-12-11-20-6-2-4-8-23(20)18-25)21-13-15-29(16-14-21)27(31)24-10-9-19-5-1-3-7-22(19)17-24/h1-11,17-18,21H,13-16H2,(H,28,30). The smallest absolute Gasteiger partial charge is 0.253 e. The van der Waals surface area contributed by atoms with Crippen LogP contribution in [0.25, 0.3) is 21.5 Å². The molecule has 0 spiro atoms. The molecule has 0 aliphatic carbocycles. The number of carbonyl (C=O) groups is 2. The first-order valence-electron chi connectivity index (χ1n) is 10.7. The second kappa shape index (κ2) is 8.23. The van der Waals surface area contributed by atoms with Crippen molar-refractivity contribution >= 4 is 39.0 Å². The Morgan fingerprint density at radius 3 is 2.19 bits per heavy atom. The molecule has 1 N–H and O–H groups in total. The molecule has 4 aromatic rings. The predicted octanol–water partition coefficient (Wildman–Crippen LogP) is 5.28. The fourth-order valence-electron chi connectivity index (χ4n) is 4.28. The number of rotatable bonds is 3. The molecule has 0 bridgehead atoms. The van der Waals surface area contributed by atoms with E-state index in [4.69, 9.17) is 0 Å². The van der Waals surface area contributed by atoms with E-state index in [9.17, 15) is 9.59 Å². The van der Waals surface area contributed by atoms with Crippen LogP contribution in [-0.4, -0.2) is 29.8 Å². The number of fused-ring (bicyclic) bond motifs is 2. The van der Waals surface area contributed by atoms with Crippen LogP contribution in [0.2, 0.25) is 0 Å². The van der Waals surface area contributed by atoms with Crippen molar-refractivity contribution in [1.29, 1.82) is 0 Å². The second-order valence-electron chi connectivity index (χ2n) is 8.09. The summed E-state index contributed by atoms with van der Waals surface area (Å²) >= 11 is 0. The van der Waals surface area contributed by atoms with E-state index in [1.54, 1.807) is 0 Å². The van der Waals surface area contributed by atoms with Crippen molar-refractivity contribution in [2.45, 2.75) is 12.8 Å². The van der Waals surface area contributed by atoms with E-state index < -0.39 is 0 Å². The highest BCUT2D eigenvalue weighted by Gasteiger charge is 2.28. The molecule has 0 unspecified atom stereocenters. The average molecular weight is 407 g/mol. The Morgan fingerprint density at radius 2 is 1.45 bits per heavy atom. The maximum absolute atomic E-state index is 13.0. The molecule has 0 saturated carbocycles. The number of piperidine rings is 1. The zero-order chi connectivity index (χ0) is 21.2. The highest BCUT2D eigenvalue weighted by atomic mass is 16.2. The minimum Gasteiger partial charge on any atom is -0.339 e. The van der Waals surface area contributed by atoms with Gasteiger partial charge in [-0.1, -0.05) is 54.6 Å². The van der Waals surface area contributed by atoms with Crippen LogP contribution in [0.1, 0.15) is 23.2 Å². The van der Waals surface area contributed by atoms with Crippen LogP contribution in [0.15, 0.2) is 78.9 Å². The summed E-state index contributed by atoms with van der Waals surface area (Å²) in [5.74, 6) is -0.0580. The lowest BCUT2D eigenvalue weighted by Gasteiger charge is -2.31. The number of carbonyl (C=O) groups excluding carboxylic acids is 2. The Hall–Kier alpha value is -3.66. The van der Waals surface area contributed by atoms with Gasteiger partial charge in [-0.05, 0) is 58.7 Å². The van der Waals surface area contributed by atoms with Gasteiger partial charge in [0.1, 0.15) is 0 Å². The highest BCUT2D eigenvalue weighted by Crippen LogP contribution is 2.24. The third kappa shape index (κ3) is 4.02. The molecule has 1 fully saturated rings. The Kier molecular flexibility index (Phi) is 5.13. The van der Waals surface area contributed by atoms with E-state index >= 15 is 0 Å². The molecule has 4 nitrogen and oxygen atoms in total. The van der Waals surface area contributed by atoms with Gasteiger partial charge >= 0.3 is 0 Å². The van der Waals surface area contributed by atoms with Crippen LogP contribution in [0, 0.1) is 12.0 Å². The predicted molar refractivity (Wildman–Crippen MR) is 124 cm³/mol. The molecule has 5 rings (SSSR count). The van der Waals surface area contributed by atoms with E-state index in [0.717, 1.165) is 21.5 Å². The summed E-state index contributed by atoms with van der Waals surface area (Å²) in [5.41, 5.74) is 1.39. The van der Waals surface area contributed by atoms with Crippen molar-refractivity contribution in [3.05, 3.63) is 90.5 Å². The maximum atomic E-state index is 13.0. The number of benzene rings is 4.